The Balaban J connectivity index is 0.000000211. The summed E-state index contributed by atoms with van der Waals surface area (Å²) in [5, 5.41) is 10.4. The Labute approximate surface area is 124 Å². The van der Waals surface area contributed by atoms with Crippen molar-refractivity contribution in [2.75, 3.05) is 6.54 Å². The van der Waals surface area contributed by atoms with Crippen LogP contribution in [0.4, 0.5) is 0 Å². The van der Waals surface area contributed by atoms with Crippen LogP contribution < -0.4 is 10.8 Å². The second kappa shape index (κ2) is 7.53. The van der Waals surface area contributed by atoms with Crippen LogP contribution in [-0.2, 0) is 14.9 Å². The number of hydrogen-bond donors (Lipinski definition) is 1. The smallest absolute Gasteiger partial charge is 0.124 e. The maximum Gasteiger partial charge on any atom is 0.124 e. The van der Waals surface area contributed by atoms with E-state index in [1.165, 1.54) is 24.3 Å². The minimum Gasteiger partial charge on any atom is -0.744 e. The van der Waals surface area contributed by atoms with Crippen molar-refractivity contribution in [1.29, 1.82) is 0 Å². The highest BCUT2D eigenvalue weighted by atomic mass is 32.2. The molecule has 7 heteroatoms. The van der Waals surface area contributed by atoms with Crippen LogP contribution in [0.25, 0.3) is 0 Å². The summed E-state index contributed by atoms with van der Waals surface area (Å²) in [6.45, 7) is 0.487. The first-order chi connectivity index (χ1) is 9.79. The van der Waals surface area contributed by atoms with Crippen LogP contribution in [0.1, 0.15) is 32.1 Å². The predicted molar refractivity (Wildman–Crippen MR) is 74.0 cm³/mol. The monoisotopic (exact) mass is 313 g/mol. The number of carbonyl (C=O) groups is 1. The largest absolute Gasteiger partial charge is 0.744 e. The first kappa shape index (κ1) is 17.6. The number of rotatable bonds is 4. The van der Waals surface area contributed by atoms with E-state index in [4.69, 9.17) is 5.73 Å². The fourth-order valence-corrected chi connectivity index (χ4v) is 2.96. The lowest BCUT2D eigenvalue weighted by Gasteiger charge is -2.27. The van der Waals surface area contributed by atoms with E-state index in [1.54, 1.807) is 6.07 Å². The van der Waals surface area contributed by atoms with Gasteiger partial charge in [0.05, 0.1) is 4.90 Å². The van der Waals surface area contributed by atoms with Crippen molar-refractivity contribution in [2.24, 2.45) is 11.1 Å². The molecular formula is C14H19NO5S-2. The lowest BCUT2D eigenvalue weighted by atomic mass is 9.83. The molecule has 2 rings (SSSR count). The van der Waals surface area contributed by atoms with E-state index < -0.39 is 16.1 Å². The Morgan fingerprint density at radius 1 is 1.19 bits per heavy atom. The number of hydrogen-bond acceptors (Lipinski definition) is 6. The topological polar surface area (TPSA) is 123 Å². The predicted octanol–water partition coefficient (Wildman–Crippen LogP) is 0.236. The van der Waals surface area contributed by atoms with Gasteiger partial charge in [-0.1, -0.05) is 31.0 Å². The fourth-order valence-electron chi connectivity index (χ4n) is 2.47. The summed E-state index contributed by atoms with van der Waals surface area (Å²) in [5.74, 6) is -0.961. The Hall–Kier alpha value is -1.44. The Bertz CT molecular complexity index is 550. The lowest BCUT2D eigenvalue weighted by Crippen LogP contribution is -2.35. The molecular weight excluding hydrogens is 294 g/mol. The number of carboxylic acids is 1. The van der Waals surface area contributed by atoms with E-state index in [0.717, 1.165) is 25.7 Å². The zero-order valence-electron chi connectivity index (χ0n) is 11.7. The number of carbonyl (C=O) groups excluding carboxylic acids is 1. The third-order valence-electron chi connectivity index (χ3n) is 3.65. The van der Waals surface area contributed by atoms with Crippen molar-refractivity contribution in [3.63, 3.8) is 0 Å². The SMILES string of the molecule is NCC1(CC(=O)[O-])CCCC1.O=S(=O)([O-])c1ccccc1. The standard InChI is InChI=1S/C8H15NO2.C6H6O3S/c9-6-8(5-7(10)11)3-1-2-4-8;7-10(8,9)6-4-2-1-3-5-6/h1-6,9H2,(H,10,11);1-5H,(H,7,8,9)/p-2. The molecule has 1 aliphatic rings. The second-order valence-corrected chi connectivity index (χ2v) is 6.61. The third-order valence-corrected chi connectivity index (χ3v) is 4.50. The molecule has 1 fully saturated rings. The molecule has 1 saturated carbocycles. The normalized spacial score (nSPS) is 16.9. The van der Waals surface area contributed by atoms with Gasteiger partial charge in [-0.25, -0.2) is 8.42 Å². The van der Waals surface area contributed by atoms with Gasteiger partial charge in [0.15, 0.2) is 0 Å². The van der Waals surface area contributed by atoms with Gasteiger partial charge in [0.2, 0.25) is 0 Å². The van der Waals surface area contributed by atoms with Crippen LogP contribution in [0.3, 0.4) is 0 Å². The fraction of sp³-hybridized carbons (Fsp3) is 0.500. The van der Waals surface area contributed by atoms with Gasteiger partial charge < -0.3 is 20.2 Å². The highest BCUT2D eigenvalue weighted by Crippen LogP contribution is 2.39. The van der Waals surface area contributed by atoms with Crippen molar-refractivity contribution >= 4 is 16.1 Å². The molecule has 0 aromatic heterocycles. The molecule has 118 valence electrons. The van der Waals surface area contributed by atoms with Crippen molar-refractivity contribution in [3.05, 3.63) is 30.3 Å². The number of carboxylic acid groups (broad SMARTS) is 1. The van der Waals surface area contributed by atoms with E-state index >= 15 is 0 Å². The number of aliphatic carboxylic acids is 1. The molecule has 0 unspecified atom stereocenters. The van der Waals surface area contributed by atoms with E-state index in [2.05, 4.69) is 0 Å². The van der Waals surface area contributed by atoms with Crippen LogP contribution in [-0.4, -0.2) is 25.5 Å². The Morgan fingerprint density at radius 3 is 2.05 bits per heavy atom. The number of nitrogens with two attached hydrogens (primary N) is 1. The molecule has 6 nitrogen and oxygen atoms in total. The van der Waals surface area contributed by atoms with Gasteiger partial charge in [0, 0.05) is 5.97 Å². The summed E-state index contributed by atoms with van der Waals surface area (Å²) in [5.41, 5.74) is 5.40. The quantitative estimate of drug-likeness (QED) is 0.794. The molecule has 0 heterocycles. The first-order valence-electron chi connectivity index (χ1n) is 6.70. The van der Waals surface area contributed by atoms with Crippen LogP contribution in [0.15, 0.2) is 35.2 Å². The summed E-state index contributed by atoms with van der Waals surface area (Å²) >= 11 is 0. The van der Waals surface area contributed by atoms with Gasteiger partial charge >= 0.3 is 0 Å². The van der Waals surface area contributed by atoms with Gasteiger partial charge in [-0.15, -0.1) is 0 Å². The Morgan fingerprint density at radius 2 is 1.71 bits per heavy atom. The molecule has 0 spiro atoms. The van der Waals surface area contributed by atoms with Crippen LogP contribution in [0.2, 0.25) is 0 Å². The molecule has 1 aromatic rings. The molecule has 0 bridgehead atoms. The summed E-state index contributed by atoms with van der Waals surface area (Å²) in [6, 6.07) is 7.19. The molecule has 21 heavy (non-hydrogen) atoms. The average molecular weight is 313 g/mol. The minimum atomic E-state index is -4.25. The second-order valence-electron chi connectivity index (χ2n) is 5.23. The van der Waals surface area contributed by atoms with Crippen molar-refractivity contribution < 1.29 is 22.9 Å². The molecule has 1 aliphatic carbocycles. The van der Waals surface area contributed by atoms with E-state index in [-0.39, 0.29) is 16.7 Å². The highest BCUT2D eigenvalue weighted by Gasteiger charge is 2.32. The maximum atomic E-state index is 10.4. The van der Waals surface area contributed by atoms with Gasteiger partial charge in [0.25, 0.3) is 0 Å². The van der Waals surface area contributed by atoms with Gasteiger partial charge in [0.1, 0.15) is 10.1 Å². The molecule has 0 radical (unpaired) electrons. The third kappa shape index (κ3) is 5.82. The zero-order valence-corrected chi connectivity index (χ0v) is 12.5. The average Bonchev–Trinajstić information content (AvgIpc) is 2.88. The van der Waals surface area contributed by atoms with Crippen LogP contribution in [0, 0.1) is 5.41 Å². The first-order valence-corrected chi connectivity index (χ1v) is 8.11. The van der Waals surface area contributed by atoms with Crippen molar-refractivity contribution in [1.82, 2.24) is 0 Å². The summed E-state index contributed by atoms with van der Waals surface area (Å²) < 4.78 is 30.8. The lowest BCUT2D eigenvalue weighted by molar-refractivity contribution is -0.308. The number of benzene rings is 1. The van der Waals surface area contributed by atoms with Crippen LogP contribution >= 0.6 is 0 Å². The van der Waals surface area contributed by atoms with E-state index in [9.17, 15) is 22.9 Å². The summed E-state index contributed by atoms with van der Waals surface area (Å²) in [4.78, 5) is 10.2. The molecule has 0 atom stereocenters. The van der Waals surface area contributed by atoms with Gasteiger partial charge in [-0.05, 0) is 43.4 Å². The van der Waals surface area contributed by atoms with Crippen molar-refractivity contribution in [2.45, 2.75) is 37.0 Å². The zero-order chi connectivity index (χ0) is 15.9. The van der Waals surface area contributed by atoms with Crippen molar-refractivity contribution in [3.8, 4) is 0 Å². The maximum absolute atomic E-state index is 10.4. The minimum absolute atomic E-state index is 0.126. The summed E-state index contributed by atoms with van der Waals surface area (Å²) in [7, 11) is -4.25. The van der Waals surface area contributed by atoms with Gasteiger partial charge in [-0.3, -0.25) is 0 Å². The molecule has 0 aliphatic heterocycles. The van der Waals surface area contributed by atoms with E-state index in [0.29, 0.717) is 6.54 Å². The summed E-state index contributed by atoms with van der Waals surface area (Å²) in [6.07, 6.45) is 4.29. The molecule has 0 amide bonds. The molecule has 1 aromatic carbocycles. The Kier molecular flexibility index (Phi) is 6.32. The van der Waals surface area contributed by atoms with Crippen LogP contribution in [0.5, 0.6) is 0 Å². The molecule has 0 saturated heterocycles. The molecule has 2 N–H and O–H groups in total. The van der Waals surface area contributed by atoms with E-state index in [1.807, 2.05) is 0 Å². The van der Waals surface area contributed by atoms with Gasteiger partial charge in [-0.2, -0.15) is 0 Å². The highest BCUT2D eigenvalue weighted by molar-refractivity contribution is 7.85.